The van der Waals surface area contributed by atoms with Crippen molar-refractivity contribution in [1.82, 2.24) is 0 Å². The third kappa shape index (κ3) is 2.09. The molecule has 2 unspecified atom stereocenters. The van der Waals surface area contributed by atoms with E-state index in [1.807, 2.05) is 42.5 Å². The zero-order valence-corrected chi connectivity index (χ0v) is 10.4. The Labute approximate surface area is 106 Å². The van der Waals surface area contributed by atoms with Gasteiger partial charge >= 0.3 is 5.97 Å². The highest BCUT2D eigenvalue weighted by Crippen LogP contribution is 2.30. The molecule has 0 saturated carbocycles. The summed E-state index contributed by atoms with van der Waals surface area (Å²) in [6.07, 6.45) is 0. The number of fused-ring (bicyclic) bond motifs is 1. The van der Waals surface area contributed by atoms with Gasteiger partial charge in [-0.05, 0) is 23.3 Å². The molecule has 2 atom stereocenters. The van der Waals surface area contributed by atoms with Gasteiger partial charge in [0, 0.05) is 5.92 Å². The van der Waals surface area contributed by atoms with Gasteiger partial charge in [-0.15, -0.1) is 0 Å². The minimum absolute atomic E-state index is 0.473. The summed E-state index contributed by atoms with van der Waals surface area (Å²) >= 11 is 0. The summed E-state index contributed by atoms with van der Waals surface area (Å²) in [6, 6.07) is 13.6. The Kier molecular flexibility index (Phi) is 3.09. The predicted octanol–water partition coefficient (Wildman–Crippen LogP) is 2.78. The van der Waals surface area contributed by atoms with Gasteiger partial charge in [-0.3, -0.25) is 0 Å². The van der Waals surface area contributed by atoms with Crippen molar-refractivity contribution in [3.05, 3.63) is 48.0 Å². The molecule has 0 amide bonds. The normalized spacial score (nSPS) is 16.2. The standard InChI is InChI=1S/C15H16O3/c1-10(15(2,18)14(16)17)12-8-7-11-5-3-4-6-13(11)9-12/h3-10,18H,1-2H3,(H,16,17). The van der Waals surface area contributed by atoms with Crippen LogP contribution in [0.15, 0.2) is 42.5 Å². The average molecular weight is 244 g/mol. The molecule has 2 aromatic rings. The first-order valence-electron chi connectivity index (χ1n) is 5.87. The summed E-state index contributed by atoms with van der Waals surface area (Å²) < 4.78 is 0. The quantitative estimate of drug-likeness (QED) is 0.872. The maximum atomic E-state index is 11.0. The minimum atomic E-state index is -1.76. The van der Waals surface area contributed by atoms with Crippen molar-refractivity contribution < 1.29 is 15.0 Å². The first-order valence-corrected chi connectivity index (χ1v) is 5.87. The number of hydrogen-bond donors (Lipinski definition) is 2. The highest BCUT2D eigenvalue weighted by atomic mass is 16.4. The van der Waals surface area contributed by atoms with E-state index in [9.17, 15) is 9.90 Å². The molecule has 0 radical (unpaired) electrons. The van der Waals surface area contributed by atoms with Crippen molar-refractivity contribution >= 4 is 16.7 Å². The molecule has 3 heteroatoms. The van der Waals surface area contributed by atoms with Crippen LogP contribution < -0.4 is 0 Å². The molecular weight excluding hydrogens is 228 g/mol. The SMILES string of the molecule is CC(c1ccc2ccccc2c1)C(C)(O)C(=O)O. The molecule has 0 aromatic heterocycles. The van der Waals surface area contributed by atoms with Gasteiger partial charge in [0.15, 0.2) is 5.60 Å². The highest BCUT2D eigenvalue weighted by Gasteiger charge is 2.37. The largest absolute Gasteiger partial charge is 0.479 e. The highest BCUT2D eigenvalue weighted by molar-refractivity contribution is 5.84. The predicted molar refractivity (Wildman–Crippen MR) is 70.6 cm³/mol. The zero-order valence-electron chi connectivity index (χ0n) is 10.4. The van der Waals surface area contributed by atoms with E-state index >= 15 is 0 Å². The molecule has 0 aliphatic rings. The van der Waals surface area contributed by atoms with E-state index in [1.165, 1.54) is 6.92 Å². The van der Waals surface area contributed by atoms with E-state index < -0.39 is 17.5 Å². The van der Waals surface area contributed by atoms with Crippen molar-refractivity contribution in [2.75, 3.05) is 0 Å². The van der Waals surface area contributed by atoms with Crippen LogP contribution >= 0.6 is 0 Å². The minimum Gasteiger partial charge on any atom is -0.479 e. The summed E-state index contributed by atoms with van der Waals surface area (Å²) in [5.41, 5.74) is -0.941. The van der Waals surface area contributed by atoms with Crippen LogP contribution in [0.5, 0.6) is 0 Å². The van der Waals surface area contributed by atoms with Crippen molar-refractivity contribution in [2.45, 2.75) is 25.4 Å². The van der Waals surface area contributed by atoms with E-state index in [1.54, 1.807) is 6.92 Å². The summed E-state index contributed by atoms with van der Waals surface area (Å²) in [5, 5.41) is 21.2. The van der Waals surface area contributed by atoms with Gasteiger partial charge in [-0.25, -0.2) is 4.79 Å². The first-order chi connectivity index (χ1) is 8.43. The van der Waals surface area contributed by atoms with Crippen LogP contribution in [0.3, 0.4) is 0 Å². The molecule has 94 valence electrons. The van der Waals surface area contributed by atoms with Crippen LogP contribution in [0.2, 0.25) is 0 Å². The number of carboxylic acid groups (broad SMARTS) is 1. The Hall–Kier alpha value is -1.87. The molecule has 2 aromatic carbocycles. The van der Waals surface area contributed by atoms with Gasteiger partial charge < -0.3 is 10.2 Å². The summed E-state index contributed by atoms with van der Waals surface area (Å²) in [4.78, 5) is 11.0. The maximum Gasteiger partial charge on any atom is 0.336 e. The number of carbonyl (C=O) groups is 1. The molecule has 0 aliphatic carbocycles. The van der Waals surface area contributed by atoms with E-state index in [-0.39, 0.29) is 0 Å². The molecular formula is C15H16O3. The van der Waals surface area contributed by atoms with E-state index in [2.05, 4.69) is 0 Å². The number of benzene rings is 2. The van der Waals surface area contributed by atoms with Gasteiger partial charge in [0.25, 0.3) is 0 Å². The van der Waals surface area contributed by atoms with E-state index in [4.69, 9.17) is 5.11 Å². The van der Waals surface area contributed by atoms with Crippen molar-refractivity contribution in [3.63, 3.8) is 0 Å². The summed E-state index contributed by atoms with van der Waals surface area (Å²) in [6.45, 7) is 3.05. The molecule has 3 nitrogen and oxygen atoms in total. The van der Waals surface area contributed by atoms with Gasteiger partial charge in [0.2, 0.25) is 0 Å². The third-order valence-electron chi connectivity index (χ3n) is 3.55. The molecule has 0 saturated heterocycles. The zero-order chi connectivity index (χ0) is 13.3. The van der Waals surface area contributed by atoms with Crippen LogP contribution in [-0.4, -0.2) is 21.8 Å². The van der Waals surface area contributed by atoms with Crippen molar-refractivity contribution in [3.8, 4) is 0 Å². The monoisotopic (exact) mass is 244 g/mol. The fourth-order valence-corrected chi connectivity index (χ4v) is 1.99. The van der Waals surface area contributed by atoms with Crippen molar-refractivity contribution in [1.29, 1.82) is 0 Å². The molecule has 0 aliphatic heterocycles. The molecule has 18 heavy (non-hydrogen) atoms. The smallest absolute Gasteiger partial charge is 0.336 e. The molecule has 0 fully saturated rings. The number of aliphatic carboxylic acids is 1. The molecule has 2 rings (SSSR count). The first kappa shape index (κ1) is 12.6. The lowest BCUT2D eigenvalue weighted by atomic mass is 9.84. The Balaban J connectivity index is 2.45. The Bertz CT molecular complexity index is 587. The Morgan fingerprint density at radius 3 is 2.39 bits per heavy atom. The maximum absolute atomic E-state index is 11.0. The Morgan fingerprint density at radius 2 is 1.78 bits per heavy atom. The second-order valence-corrected chi connectivity index (χ2v) is 4.78. The molecule has 0 bridgehead atoms. The second kappa shape index (κ2) is 4.42. The van der Waals surface area contributed by atoms with E-state index in [0.717, 1.165) is 16.3 Å². The molecule has 0 spiro atoms. The van der Waals surface area contributed by atoms with Crippen LogP contribution in [-0.2, 0) is 4.79 Å². The third-order valence-corrected chi connectivity index (χ3v) is 3.55. The Morgan fingerprint density at radius 1 is 1.17 bits per heavy atom. The second-order valence-electron chi connectivity index (χ2n) is 4.78. The average Bonchev–Trinajstić information content (AvgIpc) is 2.37. The number of aliphatic hydroxyl groups is 1. The lowest BCUT2D eigenvalue weighted by molar-refractivity contribution is -0.158. The number of rotatable bonds is 3. The van der Waals surface area contributed by atoms with Crippen LogP contribution in [0.25, 0.3) is 10.8 Å². The van der Waals surface area contributed by atoms with Crippen LogP contribution in [0.4, 0.5) is 0 Å². The van der Waals surface area contributed by atoms with Gasteiger partial charge in [0.05, 0.1) is 0 Å². The summed E-state index contributed by atoms with van der Waals surface area (Å²) in [7, 11) is 0. The fraction of sp³-hybridized carbons (Fsp3) is 0.267. The lowest BCUT2D eigenvalue weighted by Gasteiger charge is -2.26. The number of carboxylic acids is 1. The van der Waals surface area contributed by atoms with Gasteiger partial charge in [0.1, 0.15) is 0 Å². The topological polar surface area (TPSA) is 57.5 Å². The van der Waals surface area contributed by atoms with Gasteiger partial charge in [-0.1, -0.05) is 49.4 Å². The fourth-order valence-electron chi connectivity index (χ4n) is 1.99. The lowest BCUT2D eigenvalue weighted by Crippen LogP contribution is -2.40. The van der Waals surface area contributed by atoms with Gasteiger partial charge in [-0.2, -0.15) is 0 Å². The van der Waals surface area contributed by atoms with Crippen LogP contribution in [0, 0.1) is 0 Å². The molecule has 0 heterocycles. The summed E-state index contributed by atoms with van der Waals surface area (Å²) in [5.74, 6) is -1.68. The van der Waals surface area contributed by atoms with E-state index in [0.29, 0.717) is 0 Å². The molecule has 2 N–H and O–H groups in total. The van der Waals surface area contributed by atoms with Crippen molar-refractivity contribution in [2.24, 2.45) is 0 Å². The number of hydrogen-bond acceptors (Lipinski definition) is 2. The van der Waals surface area contributed by atoms with Crippen LogP contribution in [0.1, 0.15) is 25.3 Å².